The fourth-order valence-electron chi connectivity index (χ4n) is 4.84. The minimum atomic E-state index is -1.09. The standard InChI is InChI=1S/C36H53N3O6/c1-12-23(3)29(38-34(43)45-36(9,10)11)32(41)39(13-2)30(27-20-19-24(4)25(5)21-27)31(40)37-28(33(42)44-35(6,7)8)22-26-17-15-14-16-18-26/h14-21,23,28-30H,12-13,22H2,1-11H3,(H,37,40)(H,38,43). The summed E-state index contributed by atoms with van der Waals surface area (Å²) in [5, 5.41) is 5.69. The Morgan fingerprint density at radius 2 is 1.42 bits per heavy atom. The summed E-state index contributed by atoms with van der Waals surface area (Å²) in [6.45, 7) is 20.2. The molecule has 2 N–H and O–H groups in total. The largest absolute Gasteiger partial charge is 0.458 e. The second-order valence-corrected chi connectivity index (χ2v) is 13.7. The number of carbonyl (C=O) groups is 4. The number of nitrogens with zero attached hydrogens (tertiary/aromatic N) is 1. The molecule has 0 aromatic heterocycles. The average Bonchev–Trinajstić information content (AvgIpc) is 2.93. The van der Waals surface area contributed by atoms with Crippen molar-refractivity contribution in [2.75, 3.05) is 6.54 Å². The first-order chi connectivity index (χ1) is 20.9. The summed E-state index contributed by atoms with van der Waals surface area (Å²) < 4.78 is 11.2. The first kappa shape index (κ1) is 37.3. The zero-order chi connectivity index (χ0) is 34.1. The van der Waals surface area contributed by atoms with Crippen molar-refractivity contribution in [3.63, 3.8) is 0 Å². The highest BCUT2D eigenvalue weighted by atomic mass is 16.6. The highest BCUT2D eigenvalue weighted by Gasteiger charge is 2.39. The number of likely N-dealkylation sites (N-methyl/N-ethyl adjacent to an activating group) is 1. The van der Waals surface area contributed by atoms with Crippen molar-refractivity contribution in [2.24, 2.45) is 5.92 Å². The molecule has 4 unspecified atom stereocenters. The van der Waals surface area contributed by atoms with E-state index in [-0.39, 0.29) is 18.9 Å². The van der Waals surface area contributed by atoms with Gasteiger partial charge in [0.15, 0.2) is 0 Å². The maximum absolute atomic E-state index is 14.4. The Morgan fingerprint density at radius 1 is 0.822 bits per heavy atom. The molecule has 2 aromatic rings. The lowest BCUT2D eigenvalue weighted by Crippen LogP contribution is -2.56. The van der Waals surface area contributed by atoms with Crippen LogP contribution >= 0.6 is 0 Å². The van der Waals surface area contributed by atoms with E-state index < -0.39 is 53.2 Å². The van der Waals surface area contributed by atoms with Crippen molar-refractivity contribution >= 4 is 23.9 Å². The van der Waals surface area contributed by atoms with E-state index in [1.54, 1.807) is 48.5 Å². The molecule has 0 aliphatic carbocycles. The molecule has 0 aliphatic heterocycles. The van der Waals surface area contributed by atoms with Gasteiger partial charge in [-0.2, -0.15) is 0 Å². The maximum atomic E-state index is 14.4. The number of esters is 1. The monoisotopic (exact) mass is 623 g/mol. The summed E-state index contributed by atoms with van der Waals surface area (Å²) in [6, 6.07) is 11.9. The number of hydrogen-bond donors (Lipinski definition) is 2. The highest BCUT2D eigenvalue weighted by molar-refractivity contribution is 5.94. The van der Waals surface area contributed by atoms with E-state index in [1.165, 1.54) is 4.90 Å². The van der Waals surface area contributed by atoms with Crippen LogP contribution in [0.25, 0.3) is 0 Å². The van der Waals surface area contributed by atoms with Crippen LogP contribution in [0.5, 0.6) is 0 Å². The van der Waals surface area contributed by atoms with E-state index in [0.29, 0.717) is 12.0 Å². The van der Waals surface area contributed by atoms with Gasteiger partial charge in [-0.05, 0) is 90.5 Å². The quantitative estimate of drug-likeness (QED) is 0.272. The van der Waals surface area contributed by atoms with Gasteiger partial charge in [0.2, 0.25) is 11.8 Å². The van der Waals surface area contributed by atoms with Crippen LogP contribution in [0.15, 0.2) is 48.5 Å². The van der Waals surface area contributed by atoms with E-state index in [2.05, 4.69) is 10.6 Å². The Labute approximate surface area is 269 Å². The van der Waals surface area contributed by atoms with Gasteiger partial charge in [-0.25, -0.2) is 9.59 Å². The minimum Gasteiger partial charge on any atom is -0.458 e. The van der Waals surface area contributed by atoms with Gasteiger partial charge in [-0.1, -0.05) is 68.8 Å². The number of amides is 3. The molecule has 0 spiro atoms. The topological polar surface area (TPSA) is 114 Å². The second-order valence-electron chi connectivity index (χ2n) is 13.7. The van der Waals surface area contributed by atoms with Gasteiger partial charge in [0, 0.05) is 13.0 Å². The zero-order valence-corrected chi connectivity index (χ0v) is 28.9. The molecule has 0 aliphatic rings. The smallest absolute Gasteiger partial charge is 0.408 e. The lowest BCUT2D eigenvalue weighted by molar-refractivity contribution is -0.159. The number of benzene rings is 2. The van der Waals surface area contributed by atoms with Crippen LogP contribution in [0, 0.1) is 19.8 Å². The van der Waals surface area contributed by atoms with E-state index in [0.717, 1.165) is 16.7 Å². The van der Waals surface area contributed by atoms with E-state index >= 15 is 0 Å². The van der Waals surface area contributed by atoms with Crippen LogP contribution in [0.4, 0.5) is 4.79 Å². The van der Waals surface area contributed by atoms with Gasteiger partial charge in [-0.15, -0.1) is 0 Å². The fourth-order valence-corrected chi connectivity index (χ4v) is 4.84. The van der Waals surface area contributed by atoms with Crippen LogP contribution in [0.3, 0.4) is 0 Å². The number of carbonyl (C=O) groups excluding carboxylic acids is 4. The van der Waals surface area contributed by atoms with Crippen LogP contribution in [-0.2, 0) is 30.3 Å². The molecule has 2 aromatic carbocycles. The van der Waals surface area contributed by atoms with E-state index in [9.17, 15) is 19.2 Å². The molecular formula is C36H53N3O6. The summed E-state index contributed by atoms with van der Waals surface area (Å²) >= 11 is 0. The lowest BCUT2D eigenvalue weighted by atomic mass is 9.94. The van der Waals surface area contributed by atoms with Crippen molar-refractivity contribution in [1.29, 1.82) is 0 Å². The Morgan fingerprint density at radius 3 is 1.93 bits per heavy atom. The maximum Gasteiger partial charge on any atom is 0.408 e. The van der Waals surface area contributed by atoms with Crippen molar-refractivity contribution in [3.05, 3.63) is 70.8 Å². The second kappa shape index (κ2) is 15.9. The van der Waals surface area contributed by atoms with Gasteiger partial charge in [0.05, 0.1) is 0 Å². The van der Waals surface area contributed by atoms with Crippen LogP contribution < -0.4 is 10.6 Å². The fraction of sp³-hybridized carbons (Fsp3) is 0.556. The van der Waals surface area contributed by atoms with Crippen molar-refractivity contribution < 1.29 is 28.7 Å². The Kier molecular flexibility index (Phi) is 13.2. The third-order valence-electron chi connectivity index (χ3n) is 7.47. The molecule has 0 fully saturated rings. The lowest BCUT2D eigenvalue weighted by Gasteiger charge is -2.36. The Balaban J connectivity index is 2.58. The Bertz CT molecular complexity index is 1310. The third-order valence-corrected chi connectivity index (χ3v) is 7.47. The van der Waals surface area contributed by atoms with Crippen LogP contribution in [-0.4, -0.2) is 58.6 Å². The van der Waals surface area contributed by atoms with Gasteiger partial charge < -0.3 is 25.0 Å². The molecule has 0 heterocycles. The van der Waals surface area contributed by atoms with E-state index in [1.807, 2.05) is 76.2 Å². The number of ether oxygens (including phenoxy) is 2. The summed E-state index contributed by atoms with van der Waals surface area (Å²) in [4.78, 5) is 56.4. The predicted molar refractivity (Wildman–Crippen MR) is 177 cm³/mol. The number of nitrogens with one attached hydrogen (secondary N) is 2. The SMILES string of the molecule is CCC(C)C(NC(=O)OC(C)(C)C)C(=O)N(CC)C(C(=O)NC(Cc1ccccc1)C(=O)OC(C)(C)C)c1ccc(C)c(C)c1. The minimum absolute atomic E-state index is 0.169. The molecule has 9 heteroatoms. The predicted octanol–water partition coefficient (Wildman–Crippen LogP) is 6.20. The molecule has 0 bridgehead atoms. The van der Waals surface area contributed by atoms with Crippen molar-refractivity contribution in [1.82, 2.24) is 15.5 Å². The Hall–Kier alpha value is -3.88. The van der Waals surface area contributed by atoms with Crippen LogP contribution in [0.2, 0.25) is 0 Å². The summed E-state index contributed by atoms with van der Waals surface area (Å²) in [7, 11) is 0. The summed E-state index contributed by atoms with van der Waals surface area (Å²) in [5.41, 5.74) is 1.90. The molecule has 45 heavy (non-hydrogen) atoms. The number of hydrogen-bond acceptors (Lipinski definition) is 6. The number of alkyl carbamates (subject to hydrolysis) is 1. The molecule has 0 radical (unpaired) electrons. The number of aryl methyl sites for hydroxylation is 2. The first-order valence-electron chi connectivity index (χ1n) is 15.8. The van der Waals surface area contributed by atoms with Gasteiger partial charge in [-0.3, -0.25) is 9.59 Å². The third kappa shape index (κ3) is 11.5. The summed E-state index contributed by atoms with van der Waals surface area (Å²) in [5.74, 6) is -1.78. The molecule has 4 atom stereocenters. The van der Waals surface area contributed by atoms with Crippen molar-refractivity contribution in [2.45, 2.75) is 118 Å². The normalized spacial score (nSPS) is 14.4. The van der Waals surface area contributed by atoms with E-state index in [4.69, 9.17) is 9.47 Å². The van der Waals surface area contributed by atoms with Gasteiger partial charge >= 0.3 is 12.1 Å². The molecule has 0 saturated heterocycles. The molecular weight excluding hydrogens is 570 g/mol. The van der Waals surface area contributed by atoms with Gasteiger partial charge in [0.1, 0.15) is 29.3 Å². The summed E-state index contributed by atoms with van der Waals surface area (Å²) in [6.07, 6.45) is 0.0936. The van der Waals surface area contributed by atoms with Gasteiger partial charge in [0.25, 0.3) is 0 Å². The number of rotatable bonds is 12. The molecule has 9 nitrogen and oxygen atoms in total. The van der Waals surface area contributed by atoms with Crippen LogP contribution in [0.1, 0.15) is 97.0 Å². The zero-order valence-electron chi connectivity index (χ0n) is 28.9. The highest BCUT2D eigenvalue weighted by Crippen LogP contribution is 2.27. The average molecular weight is 624 g/mol. The molecule has 0 saturated carbocycles. The molecule has 248 valence electrons. The first-order valence-corrected chi connectivity index (χ1v) is 15.8. The molecule has 2 rings (SSSR count). The van der Waals surface area contributed by atoms with Crippen molar-refractivity contribution in [3.8, 4) is 0 Å². The molecule has 3 amide bonds.